The first kappa shape index (κ1) is 43.6. The first-order valence-corrected chi connectivity index (χ1v) is 22.4. The van der Waals surface area contributed by atoms with Gasteiger partial charge in [-0.3, -0.25) is 48.5 Å². The van der Waals surface area contributed by atoms with Crippen LogP contribution in [0.1, 0.15) is 95.2 Å². The highest BCUT2D eigenvalue weighted by molar-refractivity contribution is 7.15. The second kappa shape index (κ2) is 18.1. The number of ether oxygens (including phenoxy) is 2. The Labute approximate surface area is 382 Å². The number of thiophene rings is 1. The molecule has 0 saturated carbocycles. The SMILES string of the molecule is Cc1sc2c(c1C)C(c1ccc(Cl)cc1)=N[C@@H](CC(=O)Nc1ccc3c(c1)C(=O)N(CCOCCOCCNc1cccc4c1C(=O)N(C1CCC(=O)NC1=O)C4=O)C3)c1nnc(C)n1-2. The summed E-state index contributed by atoms with van der Waals surface area (Å²) in [6, 6.07) is 16.0. The maximum absolute atomic E-state index is 13.7. The number of nitrogens with zero attached hydrogens (tertiary/aromatic N) is 6. The number of hydrogen-bond acceptors (Lipinski definition) is 13. The number of aromatic nitrogens is 3. The van der Waals surface area contributed by atoms with Gasteiger partial charge in [0.05, 0.1) is 49.7 Å². The molecule has 0 bridgehead atoms. The molecule has 6 amide bonds. The van der Waals surface area contributed by atoms with Crippen LogP contribution in [0.5, 0.6) is 0 Å². The average Bonchev–Trinajstić information content (AvgIpc) is 3.96. The van der Waals surface area contributed by atoms with Crippen LogP contribution in [0.15, 0.2) is 65.7 Å². The maximum Gasteiger partial charge on any atom is 0.264 e. The monoisotopic (exact) mass is 917 g/mol. The summed E-state index contributed by atoms with van der Waals surface area (Å²) >= 11 is 7.89. The van der Waals surface area contributed by atoms with Gasteiger partial charge in [0.1, 0.15) is 22.9 Å². The van der Waals surface area contributed by atoms with Gasteiger partial charge >= 0.3 is 0 Å². The standard InChI is InChI=1S/C46H44ClN9O8S/c1-24-25(2)65-46-38(24)40(27-7-10-29(47)11-8-27)50-34(41-53-52-26(3)55(41)46)22-37(58)49-30-12-9-28-23-54(43(60)32(28)21-30)16-18-64-20-19-63-17-15-48-33-6-4-5-31-39(33)45(62)56(44(31)61)35-13-14-36(57)51-42(35)59/h4-12,21,34-35,48H,13-20,22-23H2,1-3H3,(H,49,58)(H,51,57,59)/t34-,35?/m0/s1. The van der Waals surface area contributed by atoms with Gasteiger partial charge in [-0.05, 0) is 74.7 Å². The van der Waals surface area contributed by atoms with E-state index in [0.717, 1.165) is 42.7 Å². The molecule has 3 N–H and O–H groups in total. The number of anilines is 2. The Morgan fingerprint density at radius 1 is 0.892 bits per heavy atom. The molecular weight excluding hydrogens is 874 g/mol. The van der Waals surface area contributed by atoms with Crippen LogP contribution in [0.4, 0.5) is 11.4 Å². The molecule has 0 radical (unpaired) electrons. The van der Waals surface area contributed by atoms with E-state index in [4.69, 9.17) is 26.1 Å². The minimum atomic E-state index is -1.04. The first-order valence-electron chi connectivity index (χ1n) is 21.2. The van der Waals surface area contributed by atoms with Crippen LogP contribution in [-0.4, -0.2) is 111 Å². The molecule has 9 rings (SSSR count). The zero-order valence-corrected chi connectivity index (χ0v) is 37.3. The number of benzene rings is 3. The second-order valence-electron chi connectivity index (χ2n) is 16.1. The predicted octanol–water partition coefficient (Wildman–Crippen LogP) is 5.33. The highest BCUT2D eigenvalue weighted by Gasteiger charge is 2.45. The van der Waals surface area contributed by atoms with E-state index >= 15 is 0 Å². The van der Waals surface area contributed by atoms with E-state index in [9.17, 15) is 28.8 Å². The molecule has 4 aliphatic rings. The van der Waals surface area contributed by atoms with Crippen LogP contribution in [-0.2, 0) is 30.4 Å². The number of imide groups is 2. The van der Waals surface area contributed by atoms with Crippen molar-refractivity contribution in [2.24, 2.45) is 4.99 Å². The van der Waals surface area contributed by atoms with Crippen LogP contribution in [0.2, 0.25) is 5.02 Å². The third-order valence-corrected chi connectivity index (χ3v) is 13.4. The molecule has 1 unspecified atom stereocenters. The normalized spacial score (nSPS) is 17.7. The second-order valence-corrected chi connectivity index (χ2v) is 17.7. The number of amides is 6. The molecule has 5 aromatic rings. The number of fused-ring (bicyclic) bond motifs is 5. The summed E-state index contributed by atoms with van der Waals surface area (Å²) in [4.78, 5) is 86.6. The quantitative estimate of drug-likeness (QED) is 0.0904. The highest BCUT2D eigenvalue weighted by atomic mass is 35.5. The number of nitrogens with one attached hydrogen (secondary N) is 3. The van der Waals surface area contributed by atoms with Crippen molar-refractivity contribution in [1.29, 1.82) is 0 Å². The number of carbonyl (C=O) groups excluding carboxylic acids is 6. The van der Waals surface area contributed by atoms with Gasteiger partial charge in [-0.15, -0.1) is 21.5 Å². The van der Waals surface area contributed by atoms with Crippen LogP contribution in [0.25, 0.3) is 5.00 Å². The van der Waals surface area contributed by atoms with E-state index in [-0.39, 0.29) is 68.6 Å². The summed E-state index contributed by atoms with van der Waals surface area (Å²) in [5.74, 6) is -1.43. The lowest BCUT2D eigenvalue weighted by molar-refractivity contribution is -0.136. The lowest BCUT2D eigenvalue weighted by Gasteiger charge is -2.27. The minimum absolute atomic E-state index is 0.0120. The molecular formula is C46H44ClN9O8S. The van der Waals surface area contributed by atoms with E-state index < -0.39 is 35.7 Å². The molecule has 6 heterocycles. The van der Waals surface area contributed by atoms with Crippen LogP contribution < -0.4 is 16.0 Å². The van der Waals surface area contributed by atoms with E-state index in [0.29, 0.717) is 53.2 Å². The average molecular weight is 918 g/mol. The van der Waals surface area contributed by atoms with Crippen LogP contribution in [0.3, 0.4) is 0 Å². The summed E-state index contributed by atoms with van der Waals surface area (Å²) < 4.78 is 13.5. The number of piperidine rings is 1. The van der Waals surface area contributed by atoms with Crippen molar-refractivity contribution in [3.8, 4) is 5.00 Å². The van der Waals surface area contributed by atoms with Gasteiger partial charge in [0.15, 0.2) is 5.82 Å². The molecule has 2 atom stereocenters. The predicted molar refractivity (Wildman–Crippen MR) is 241 cm³/mol. The van der Waals surface area contributed by atoms with E-state index in [1.807, 2.05) is 41.8 Å². The number of aliphatic imine (C=N–C) groups is 1. The third-order valence-electron chi connectivity index (χ3n) is 11.9. The number of halogens is 1. The summed E-state index contributed by atoms with van der Waals surface area (Å²) in [7, 11) is 0. The zero-order chi connectivity index (χ0) is 45.5. The fraction of sp³-hybridized carbons (Fsp3) is 0.326. The van der Waals surface area contributed by atoms with Crippen LogP contribution in [0, 0.1) is 20.8 Å². The first-order chi connectivity index (χ1) is 31.4. The molecule has 4 aliphatic heterocycles. The zero-order valence-electron chi connectivity index (χ0n) is 35.7. The van der Waals surface area contributed by atoms with E-state index in [1.54, 1.807) is 40.5 Å². The van der Waals surface area contributed by atoms with Gasteiger partial charge < -0.3 is 25.0 Å². The fourth-order valence-corrected chi connectivity index (χ4v) is 9.90. The van der Waals surface area contributed by atoms with E-state index in [1.165, 1.54) is 6.07 Å². The fourth-order valence-electron chi connectivity index (χ4n) is 8.56. The summed E-state index contributed by atoms with van der Waals surface area (Å²) in [5.41, 5.74) is 6.38. The van der Waals surface area contributed by atoms with Crippen molar-refractivity contribution in [3.63, 3.8) is 0 Å². The summed E-state index contributed by atoms with van der Waals surface area (Å²) in [6.07, 6.45) is 0.111. The minimum Gasteiger partial charge on any atom is -0.382 e. The smallest absolute Gasteiger partial charge is 0.264 e. The van der Waals surface area contributed by atoms with Gasteiger partial charge in [-0.2, -0.15) is 0 Å². The van der Waals surface area contributed by atoms with Gasteiger partial charge in [0, 0.05) is 64.0 Å². The van der Waals surface area contributed by atoms with Gasteiger partial charge in [-0.1, -0.05) is 35.9 Å². The molecule has 0 aliphatic carbocycles. The van der Waals surface area contributed by atoms with Crippen molar-refractivity contribution < 1.29 is 38.2 Å². The van der Waals surface area contributed by atoms with Crippen molar-refractivity contribution >= 4 is 75.5 Å². The lowest BCUT2D eigenvalue weighted by atomic mass is 9.99. The Hall–Kier alpha value is -6.60. The molecule has 3 aromatic carbocycles. The Balaban J connectivity index is 0.742. The molecule has 0 spiro atoms. The molecule has 65 heavy (non-hydrogen) atoms. The summed E-state index contributed by atoms with van der Waals surface area (Å²) in [5, 5.41) is 18.8. The third kappa shape index (κ3) is 8.45. The molecule has 2 aromatic heterocycles. The Morgan fingerprint density at radius 3 is 2.46 bits per heavy atom. The van der Waals surface area contributed by atoms with Crippen LogP contribution >= 0.6 is 22.9 Å². The topological polar surface area (TPSA) is 207 Å². The Morgan fingerprint density at radius 2 is 1.68 bits per heavy atom. The number of carbonyl (C=O) groups is 6. The summed E-state index contributed by atoms with van der Waals surface area (Å²) in [6.45, 7) is 8.28. The van der Waals surface area contributed by atoms with Crippen molar-refractivity contribution in [2.45, 2.75) is 58.7 Å². The lowest BCUT2D eigenvalue weighted by Crippen LogP contribution is -2.54. The molecule has 1 saturated heterocycles. The Bertz CT molecular complexity index is 2820. The van der Waals surface area contributed by atoms with E-state index in [2.05, 4.69) is 40.0 Å². The molecule has 334 valence electrons. The van der Waals surface area contributed by atoms with Gasteiger partial charge in [0.25, 0.3) is 17.7 Å². The number of hydrogen-bond donors (Lipinski definition) is 3. The molecule has 17 nitrogen and oxygen atoms in total. The molecule has 1 fully saturated rings. The highest BCUT2D eigenvalue weighted by Crippen LogP contribution is 2.40. The maximum atomic E-state index is 13.7. The largest absolute Gasteiger partial charge is 0.382 e. The van der Waals surface area contributed by atoms with Crippen molar-refractivity contribution in [2.75, 3.05) is 50.2 Å². The number of aryl methyl sites for hydroxylation is 2. The van der Waals surface area contributed by atoms with Crippen molar-refractivity contribution in [1.82, 2.24) is 29.9 Å². The number of rotatable bonds is 15. The van der Waals surface area contributed by atoms with Gasteiger partial charge in [0.2, 0.25) is 17.7 Å². The van der Waals surface area contributed by atoms with Gasteiger partial charge in [-0.25, -0.2) is 0 Å². The molecule has 19 heteroatoms. The van der Waals surface area contributed by atoms with Crippen molar-refractivity contribution in [3.05, 3.63) is 121 Å². The Kier molecular flexibility index (Phi) is 12.2.